The minimum Gasteiger partial charge on any atom is -0.496 e. The largest absolute Gasteiger partial charge is 0.496 e. The molecule has 1 amide bonds. The highest BCUT2D eigenvalue weighted by Gasteiger charge is 2.29. The molecule has 23 heavy (non-hydrogen) atoms. The van der Waals surface area contributed by atoms with Gasteiger partial charge >= 0.3 is 0 Å². The Balaban J connectivity index is 2.09. The molecule has 0 bridgehead atoms. The van der Waals surface area contributed by atoms with Crippen molar-refractivity contribution in [2.45, 2.75) is 13.3 Å². The van der Waals surface area contributed by atoms with E-state index in [2.05, 4.69) is 0 Å². The number of amides is 1. The first-order chi connectivity index (χ1) is 10.9. The maximum absolute atomic E-state index is 13.4. The molecule has 1 saturated heterocycles. The minimum absolute atomic E-state index is 0.110. The fourth-order valence-corrected chi connectivity index (χ4v) is 4.07. The van der Waals surface area contributed by atoms with E-state index in [1.54, 1.807) is 0 Å². The summed E-state index contributed by atoms with van der Waals surface area (Å²) in [5.41, 5.74) is 0.150. The van der Waals surface area contributed by atoms with Crippen LogP contribution in [0.25, 0.3) is 0 Å². The van der Waals surface area contributed by atoms with Gasteiger partial charge in [0.15, 0.2) is 0 Å². The Hall–Kier alpha value is -1.67. The Kier molecular flexibility index (Phi) is 5.59. The van der Waals surface area contributed by atoms with Crippen LogP contribution in [0.3, 0.4) is 0 Å². The molecule has 128 valence electrons. The molecule has 0 aliphatic carbocycles. The Morgan fingerprint density at radius 1 is 1.26 bits per heavy atom. The maximum Gasteiger partial charge on any atom is 0.257 e. The number of halogens is 1. The number of benzene rings is 1. The van der Waals surface area contributed by atoms with Crippen LogP contribution >= 0.6 is 0 Å². The second-order valence-electron chi connectivity index (χ2n) is 5.35. The summed E-state index contributed by atoms with van der Waals surface area (Å²) in [5, 5.41) is 0. The fourth-order valence-electron chi connectivity index (χ4n) is 2.57. The SMILES string of the molecule is CCCS(=O)(=O)N1CCN(C(=O)c2cc(F)ccc2OC)CC1. The van der Waals surface area contributed by atoms with Crippen LogP contribution in [0, 0.1) is 5.82 Å². The Bertz CT molecular complexity index is 670. The number of nitrogens with zero attached hydrogens (tertiary/aromatic N) is 2. The van der Waals surface area contributed by atoms with Gasteiger partial charge in [0, 0.05) is 26.2 Å². The molecule has 0 N–H and O–H groups in total. The van der Waals surface area contributed by atoms with Gasteiger partial charge in [-0.2, -0.15) is 4.31 Å². The highest BCUT2D eigenvalue weighted by atomic mass is 32.2. The van der Waals surface area contributed by atoms with Crippen LogP contribution in [0.15, 0.2) is 18.2 Å². The zero-order chi connectivity index (χ0) is 17.0. The van der Waals surface area contributed by atoms with Crippen LogP contribution in [-0.2, 0) is 10.0 Å². The van der Waals surface area contributed by atoms with E-state index in [0.717, 1.165) is 6.07 Å². The molecule has 8 heteroatoms. The van der Waals surface area contributed by atoms with Crippen molar-refractivity contribution in [1.82, 2.24) is 9.21 Å². The molecule has 0 radical (unpaired) electrons. The van der Waals surface area contributed by atoms with Gasteiger partial charge in [-0.1, -0.05) is 6.92 Å². The first-order valence-electron chi connectivity index (χ1n) is 7.49. The first-order valence-corrected chi connectivity index (χ1v) is 9.10. The third-order valence-electron chi connectivity index (χ3n) is 3.77. The van der Waals surface area contributed by atoms with Crippen molar-refractivity contribution in [2.24, 2.45) is 0 Å². The van der Waals surface area contributed by atoms with Gasteiger partial charge in [-0.3, -0.25) is 4.79 Å². The van der Waals surface area contributed by atoms with Gasteiger partial charge in [0.25, 0.3) is 5.91 Å². The molecule has 1 heterocycles. The topological polar surface area (TPSA) is 66.9 Å². The lowest BCUT2D eigenvalue weighted by Gasteiger charge is -2.34. The maximum atomic E-state index is 13.4. The van der Waals surface area contributed by atoms with Crippen molar-refractivity contribution >= 4 is 15.9 Å². The third-order valence-corrected chi connectivity index (χ3v) is 5.85. The van der Waals surface area contributed by atoms with Crippen molar-refractivity contribution in [3.8, 4) is 5.75 Å². The number of carbonyl (C=O) groups is 1. The van der Waals surface area contributed by atoms with E-state index < -0.39 is 15.8 Å². The summed E-state index contributed by atoms with van der Waals surface area (Å²) in [6.07, 6.45) is 0.558. The predicted molar refractivity (Wildman–Crippen MR) is 84.5 cm³/mol. The van der Waals surface area contributed by atoms with Crippen LogP contribution in [0.4, 0.5) is 4.39 Å². The Labute approximate surface area is 135 Å². The van der Waals surface area contributed by atoms with Gasteiger partial charge in [0.05, 0.1) is 18.4 Å². The molecule has 1 aromatic carbocycles. The molecule has 0 saturated carbocycles. The monoisotopic (exact) mass is 344 g/mol. The van der Waals surface area contributed by atoms with E-state index in [-0.39, 0.29) is 43.4 Å². The number of hydrogen-bond acceptors (Lipinski definition) is 4. The average molecular weight is 344 g/mol. The molecule has 0 aromatic heterocycles. The number of methoxy groups -OCH3 is 1. The summed E-state index contributed by atoms with van der Waals surface area (Å²) >= 11 is 0. The van der Waals surface area contributed by atoms with Crippen LogP contribution in [0.5, 0.6) is 5.75 Å². The fraction of sp³-hybridized carbons (Fsp3) is 0.533. The van der Waals surface area contributed by atoms with E-state index in [9.17, 15) is 17.6 Å². The van der Waals surface area contributed by atoms with Gasteiger partial charge in [0.1, 0.15) is 11.6 Å². The first kappa shape index (κ1) is 17.7. The predicted octanol–water partition coefficient (Wildman–Crippen LogP) is 1.33. The summed E-state index contributed by atoms with van der Waals surface area (Å²) < 4.78 is 44.0. The second-order valence-corrected chi connectivity index (χ2v) is 7.44. The van der Waals surface area contributed by atoms with Crippen LogP contribution in [-0.4, -0.2) is 62.6 Å². The molecule has 1 aliphatic rings. The van der Waals surface area contributed by atoms with Gasteiger partial charge in [-0.25, -0.2) is 12.8 Å². The smallest absolute Gasteiger partial charge is 0.257 e. The van der Waals surface area contributed by atoms with Crippen molar-refractivity contribution in [3.63, 3.8) is 0 Å². The third kappa shape index (κ3) is 4.00. The van der Waals surface area contributed by atoms with Crippen molar-refractivity contribution in [3.05, 3.63) is 29.6 Å². The lowest BCUT2D eigenvalue weighted by molar-refractivity contribution is 0.0694. The second kappa shape index (κ2) is 7.27. The average Bonchev–Trinajstić information content (AvgIpc) is 2.54. The number of sulfonamides is 1. The van der Waals surface area contributed by atoms with Crippen molar-refractivity contribution in [2.75, 3.05) is 39.0 Å². The number of hydrogen-bond donors (Lipinski definition) is 0. The Morgan fingerprint density at radius 2 is 1.91 bits per heavy atom. The highest BCUT2D eigenvalue weighted by Crippen LogP contribution is 2.22. The minimum atomic E-state index is -3.26. The summed E-state index contributed by atoms with van der Waals surface area (Å²) in [7, 11) is -1.84. The molecular weight excluding hydrogens is 323 g/mol. The summed E-state index contributed by atoms with van der Waals surface area (Å²) in [5.74, 6) is -0.455. The van der Waals surface area contributed by atoms with Crippen molar-refractivity contribution < 1.29 is 22.3 Å². The van der Waals surface area contributed by atoms with Gasteiger partial charge in [-0.15, -0.1) is 0 Å². The normalized spacial score (nSPS) is 16.4. The molecule has 1 aromatic rings. The molecule has 1 fully saturated rings. The number of carbonyl (C=O) groups excluding carboxylic acids is 1. The van der Waals surface area contributed by atoms with E-state index in [1.165, 1.54) is 28.4 Å². The lowest BCUT2D eigenvalue weighted by atomic mass is 10.1. The van der Waals surface area contributed by atoms with Gasteiger partial charge < -0.3 is 9.64 Å². The summed E-state index contributed by atoms with van der Waals surface area (Å²) in [4.78, 5) is 14.0. The molecule has 0 atom stereocenters. The zero-order valence-electron chi connectivity index (χ0n) is 13.3. The van der Waals surface area contributed by atoms with Crippen LogP contribution in [0.1, 0.15) is 23.7 Å². The lowest BCUT2D eigenvalue weighted by Crippen LogP contribution is -2.51. The summed E-state index contributed by atoms with van der Waals surface area (Å²) in [6, 6.07) is 3.77. The highest BCUT2D eigenvalue weighted by molar-refractivity contribution is 7.89. The number of rotatable bonds is 5. The van der Waals surface area contributed by atoms with E-state index in [4.69, 9.17) is 4.74 Å². The summed E-state index contributed by atoms with van der Waals surface area (Å²) in [6.45, 7) is 2.88. The molecule has 6 nitrogen and oxygen atoms in total. The van der Waals surface area contributed by atoms with Gasteiger partial charge in [0.2, 0.25) is 10.0 Å². The van der Waals surface area contributed by atoms with Gasteiger partial charge in [-0.05, 0) is 24.6 Å². The number of piperazine rings is 1. The Morgan fingerprint density at radius 3 is 2.48 bits per heavy atom. The number of ether oxygens (including phenoxy) is 1. The molecule has 0 unspecified atom stereocenters. The quantitative estimate of drug-likeness (QED) is 0.808. The standard InChI is InChI=1S/C15H21FN2O4S/c1-3-10-23(20,21)18-8-6-17(7-9-18)15(19)13-11-12(16)4-5-14(13)22-2/h4-5,11H,3,6-10H2,1-2H3. The van der Waals surface area contributed by atoms with E-state index in [0.29, 0.717) is 12.2 Å². The zero-order valence-corrected chi connectivity index (χ0v) is 14.1. The molecule has 2 rings (SSSR count). The molecule has 0 spiro atoms. The molecule has 1 aliphatic heterocycles. The van der Waals surface area contributed by atoms with E-state index in [1.807, 2.05) is 6.92 Å². The van der Waals surface area contributed by atoms with Crippen LogP contribution < -0.4 is 4.74 Å². The van der Waals surface area contributed by atoms with Crippen LogP contribution in [0.2, 0.25) is 0 Å². The molecular formula is C15H21FN2O4S. The van der Waals surface area contributed by atoms with Crippen molar-refractivity contribution in [1.29, 1.82) is 0 Å². The van der Waals surface area contributed by atoms with E-state index >= 15 is 0 Å².